The minimum absolute atomic E-state index is 0.246. The number of rotatable bonds is 7. The fraction of sp³-hybridized carbons (Fsp3) is 0.238. The molecule has 1 aliphatic rings. The third kappa shape index (κ3) is 3.90. The molecule has 0 unspecified atom stereocenters. The van der Waals surface area contributed by atoms with E-state index in [9.17, 15) is 14.0 Å². The summed E-state index contributed by atoms with van der Waals surface area (Å²) in [5.74, 6) is 0.327. The molecule has 0 spiro atoms. The molecule has 0 fully saturated rings. The fourth-order valence-electron chi connectivity index (χ4n) is 3.02. The Labute approximate surface area is 162 Å². The number of methoxy groups -OCH3 is 1. The van der Waals surface area contributed by atoms with Gasteiger partial charge in [0.25, 0.3) is 11.8 Å². The van der Waals surface area contributed by atoms with Crippen molar-refractivity contribution in [3.63, 3.8) is 0 Å². The van der Waals surface area contributed by atoms with Gasteiger partial charge in [-0.15, -0.1) is 11.8 Å². The van der Waals surface area contributed by atoms with Crippen molar-refractivity contribution in [3.8, 4) is 5.75 Å². The molecule has 1 heterocycles. The highest BCUT2D eigenvalue weighted by Crippen LogP contribution is 2.39. The monoisotopic (exact) mass is 385 g/mol. The summed E-state index contributed by atoms with van der Waals surface area (Å²) in [6.07, 6.45) is 0.473. The third-order valence-corrected chi connectivity index (χ3v) is 5.28. The lowest BCUT2D eigenvalue weighted by Gasteiger charge is -2.15. The Kier molecular flexibility index (Phi) is 5.96. The van der Waals surface area contributed by atoms with Crippen molar-refractivity contribution in [2.45, 2.75) is 13.3 Å². The number of hydrogen-bond acceptors (Lipinski definition) is 4. The predicted molar refractivity (Wildman–Crippen MR) is 105 cm³/mol. The molecule has 0 saturated heterocycles. The number of benzene rings is 2. The highest BCUT2D eigenvalue weighted by atomic mass is 32.2. The number of halogens is 1. The van der Waals surface area contributed by atoms with E-state index in [1.807, 2.05) is 19.1 Å². The van der Waals surface area contributed by atoms with Gasteiger partial charge in [-0.05, 0) is 35.9 Å². The smallest absolute Gasteiger partial charge is 0.267 e. The normalized spacial score (nSPS) is 14.3. The van der Waals surface area contributed by atoms with E-state index < -0.39 is 0 Å². The van der Waals surface area contributed by atoms with Gasteiger partial charge in [0.15, 0.2) is 0 Å². The van der Waals surface area contributed by atoms with Crippen molar-refractivity contribution in [1.29, 1.82) is 0 Å². The van der Waals surface area contributed by atoms with Crippen LogP contribution in [0.25, 0.3) is 5.57 Å². The average molecular weight is 385 g/mol. The first-order valence-corrected chi connectivity index (χ1v) is 9.66. The molecule has 0 aliphatic carbocycles. The maximum atomic E-state index is 13.1. The van der Waals surface area contributed by atoms with Gasteiger partial charge in [-0.1, -0.05) is 37.3 Å². The molecule has 0 radical (unpaired) electrons. The van der Waals surface area contributed by atoms with Crippen LogP contribution in [0.1, 0.15) is 18.1 Å². The lowest BCUT2D eigenvalue weighted by atomic mass is 10.0. The van der Waals surface area contributed by atoms with E-state index in [2.05, 4.69) is 0 Å². The van der Waals surface area contributed by atoms with Crippen LogP contribution in [0.3, 0.4) is 0 Å². The lowest BCUT2D eigenvalue weighted by molar-refractivity contribution is -0.136. The van der Waals surface area contributed by atoms with Crippen LogP contribution in [0, 0.1) is 5.82 Å². The standard InChI is InChI=1S/C21H20FNO3S/c1-3-27-19-18(16-6-4-5-7-17(16)26-2)20(24)23(21(19)25)13-12-14-8-10-15(22)11-9-14/h4-11H,3,12-13H2,1-2H3. The zero-order chi connectivity index (χ0) is 19.4. The van der Waals surface area contributed by atoms with Crippen molar-refractivity contribution in [1.82, 2.24) is 4.90 Å². The summed E-state index contributed by atoms with van der Waals surface area (Å²) in [6.45, 7) is 2.19. The van der Waals surface area contributed by atoms with Crippen LogP contribution in [0.5, 0.6) is 5.75 Å². The van der Waals surface area contributed by atoms with E-state index in [-0.39, 0.29) is 24.2 Å². The van der Waals surface area contributed by atoms with Crippen molar-refractivity contribution in [3.05, 3.63) is 70.4 Å². The van der Waals surface area contributed by atoms with E-state index in [4.69, 9.17) is 4.74 Å². The molecule has 0 bridgehead atoms. The number of carbonyl (C=O) groups is 2. The van der Waals surface area contributed by atoms with Crippen LogP contribution in [0.2, 0.25) is 0 Å². The van der Waals surface area contributed by atoms with Crippen LogP contribution >= 0.6 is 11.8 Å². The van der Waals surface area contributed by atoms with Crippen molar-refractivity contribution in [2.75, 3.05) is 19.4 Å². The highest BCUT2D eigenvalue weighted by Gasteiger charge is 2.39. The molecule has 3 rings (SSSR count). The van der Waals surface area contributed by atoms with Gasteiger partial charge in [0.2, 0.25) is 0 Å². The van der Waals surface area contributed by atoms with E-state index in [1.54, 1.807) is 31.4 Å². The maximum absolute atomic E-state index is 13.1. The second-order valence-corrected chi connectivity index (χ2v) is 7.25. The first-order valence-electron chi connectivity index (χ1n) is 8.68. The second-order valence-electron chi connectivity index (χ2n) is 5.98. The molecule has 0 saturated carbocycles. The minimum atomic E-state index is -0.317. The van der Waals surface area contributed by atoms with Crippen molar-refractivity contribution >= 4 is 29.1 Å². The van der Waals surface area contributed by atoms with Crippen LogP contribution in [0.4, 0.5) is 4.39 Å². The number of nitrogens with zero attached hydrogens (tertiary/aromatic N) is 1. The zero-order valence-corrected chi connectivity index (χ0v) is 16.0. The van der Waals surface area contributed by atoms with E-state index in [0.29, 0.717) is 34.0 Å². The number of hydrogen-bond donors (Lipinski definition) is 0. The largest absolute Gasteiger partial charge is 0.496 e. The molecular weight excluding hydrogens is 365 g/mol. The lowest BCUT2D eigenvalue weighted by Crippen LogP contribution is -2.33. The summed E-state index contributed by atoms with van der Waals surface area (Å²) in [5.41, 5.74) is 1.88. The van der Waals surface area contributed by atoms with Gasteiger partial charge in [-0.2, -0.15) is 0 Å². The Morgan fingerprint density at radius 2 is 1.74 bits per heavy atom. The summed E-state index contributed by atoms with van der Waals surface area (Å²) in [6, 6.07) is 13.3. The summed E-state index contributed by atoms with van der Waals surface area (Å²) < 4.78 is 18.4. The van der Waals surface area contributed by atoms with Gasteiger partial charge >= 0.3 is 0 Å². The molecule has 2 aromatic carbocycles. The first kappa shape index (κ1) is 19.2. The van der Waals surface area contributed by atoms with Gasteiger partial charge in [-0.3, -0.25) is 14.5 Å². The molecule has 0 aromatic heterocycles. The average Bonchev–Trinajstić information content (AvgIpc) is 2.91. The molecule has 2 amide bonds. The zero-order valence-electron chi connectivity index (χ0n) is 15.2. The Morgan fingerprint density at radius 3 is 2.41 bits per heavy atom. The SMILES string of the molecule is CCSC1=C(c2ccccc2OC)C(=O)N(CCc2ccc(F)cc2)C1=O. The van der Waals surface area contributed by atoms with Gasteiger partial charge in [0, 0.05) is 12.1 Å². The number of para-hydroxylation sites is 1. The summed E-state index contributed by atoms with van der Waals surface area (Å²) in [5, 5.41) is 0. The molecular formula is C21H20FNO3S. The number of ether oxygens (including phenoxy) is 1. The summed E-state index contributed by atoms with van der Waals surface area (Å²) >= 11 is 1.36. The van der Waals surface area contributed by atoms with E-state index in [1.165, 1.54) is 28.8 Å². The van der Waals surface area contributed by atoms with Gasteiger partial charge in [-0.25, -0.2) is 4.39 Å². The Hall–Kier alpha value is -2.60. The quantitative estimate of drug-likeness (QED) is 0.678. The molecule has 2 aromatic rings. The fourth-order valence-corrected chi connectivity index (χ4v) is 3.88. The molecule has 6 heteroatoms. The van der Waals surface area contributed by atoms with Crippen LogP contribution < -0.4 is 4.74 Å². The van der Waals surface area contributed by atoms with Gasteiger partial charge < -0.3 is 4.74 Å². The maximum Gasteiger partial charge on any atom is 0.267 e. The van der Waals surface area contributed by atoms with Crippen molar-refractivity contribution < 1.29 is 18.7 Å². The van der Waals surface area contributed by atoms with Crippen LogP contribution in [-0.4, -0.2) is 36.1 Å². The molecule has 0 N–H and O–H groups in total. The third-order valence-electron chi connectivity index (χ3n) is 4.33. The van der Waals surface area contributed by atoms with E-state index in [0.717, 1.165) is 5.56 Å². The van der Waals surface area contributed by atoms with Crippen LogP contribution in [-0.2, 0) is 16.0 Å². The Bertz CT molecular complexity index is 893. The number of amides is 2. The number of thioether (sulfide) groups is 1. The first-order chi connectivity index (χ1) is 13.1. The predicted octanol–water partition coefficient (Wildman–Crippen LogP) is 3.91. The summed E-state index contributed by atoms with van der Waals surface area (Å²) in [7, 11) is 1.54. The van der Waals surface area contributed by atoms with Crippen molar-refractivity contribution in [2.24, 2.45) is 0 Å². The Morgan fingerprint density at radius 1 is 1.04 bits per heavy atom. The van der Waals surface area contributed by atoms with Gasteiger partial charge in [0.05, 0.1) is 17.6 Å². The number of carbonyl (C=O) groups excluding carboxylic acids is 2. The molecule has 1 aliphatic heterocycles. The van der Waals surface area contributed by atoms with Gasteiger partial charge in [0.1, 0.15) is 11.6 Å². The summed E-state index contributed by atoms with van der Waals surface area (Å²) in [4.78, 5) is 27.7. The molecule has 4 nitrogen and oxygen atoms in total. The topological polar surface area (TPSA) is 46.6 Å². The van der Waals surface area contributed by atoms with Crippen LogP contribution in [0.15, 0.2) is 53.4 Å². The molecule has 0 atom stereocenters. The number of imide groups is 1. The minimum Gasteiger partial charge on any atom is -0.496 e. The van der Waals surface area contributed by atoms with E-state index >= 15 is 0 Å². The highest BCUT2D eigenvalue weighted by molar-refractivity contribution is 8.04. The second kappa shape index (κ2) is 8.39. The molecule has 140 valence electrons. The Balaban J connectivity index is 1.89. The molecule has 27 heavy (non-hydrogen) atoms.